The normalized spacial score (nSPS) is 12.5. The number of rotatable bonds is 10. The first-order valence-electron chi connectivity index (χ1n) is 9.81. The van der Waals surface area contributed by atoms with Crippen LogP contribution in [0.3, 0.4) is 0 Å². The van der Waals surface area contributed by atoms with E-state index in [1.807, 2.05) is 31.2 Å². The van der Waals surface area contributed by atoms with Crippen LogP contribution in [0.25, 0.3) is 0 Å². The summed E-state index contributed by atoms with van der Waals surface area (Å²) in [6, 6.07) is 16.8. The van der Waals surface area contributed by atoms with E-state index < -0.39 is 16.1 Å². The Hall–Kier alpha value is -3.03. The van der Waals surface area contributed by atoms with Gasteiger partial charge in [-0.1, -0.05) is 17.7 Å². The molecule has 0 radical (unpaired) electrons. The van der Waals surface area contributed by atoms with Gasteiger partial charge in [-0.25, -0.2) is 8.42 Å². The average Bonchev–Trinajstić information content (AvgIpc) is 3.29. The van der Waals surface area contributed by atoms with Crippen LogP contribution in [-0.4, -0.2) is 26.9 Å². The maximum absolute atomic E-state index is 13.8. The van der Waals surface area contributed by atoms with Gasteiger partial charge in [0.1, 0.15) is 17.3 Å². The number of hydrogen-bond donors (Lipinski definition) is 0. The van der Waals surface area contributed by atoms with Gasteiger partial charge in [-0.2, -0.15) is 4.31 Å². The van der Waals surface area contributed by atoms with E-state index in [1.54, 1.807) is 50.6 Å². The van der Waals surface area contributed by atoms with Crippen molar-refractivity contribution in [2.45, 2.75) is 30.8 Å². The zero-order valence-corrected chi connectivity index (χ0v) is 18.8. The molecule has 0 bridgehead atoms. The van der Waals surface area contributed by atoms with Crippen molar-refractivity contribution in [3.8, 4) is 11.5 Å². The molecule has 1 atom stereocenters. The first kappa shape index (κ1) is 22.7. The summed E-state index contributed by atoms with van der Waals surface area (Å²) in [5.41, 5.74) is 1.71. The molecule has 0 saturated carbocycles. The molecule has 0 fully saturated rings. The molecule has 7 heteroatoms. The Morgan fingerprint density at radius 1 is 1.00 bits per heavy atom. The molecule has 0 aliphatic carbocycles. The van der Waals surface area contributed by atoms with Crippen LogP contribution in [0.15, 0.2) is 88.4 Å². The second-order valence-electron chi connectivity index (χ2n) is 7.26. The molecule has 31 heavy (non-hydrogen) atoms. The van der Waals surface area contributed by atoms with Crippen LogP contribution in [0.2, 0.25) is 0 Å². The van der Waals surface area contributed by atoms with Gasteiger partial charge >= 0.3 is 0 Å². The maximum atomic E-state index is 13.8. The third-order valence-corrected chi connectivity index (χ3v) is 6.82. The van der Waals surface area contributed by atoms with Crippen molar-refractivity contribution >= 4 is 10.0 Å². The maximum Gasteiger partial charge on any atom is 0.244 e. The van der Waals surface area contributed by atoms with E-state index in [1.165, 1.54) is 10.6 Å². The quantitative estimate of drug-likeness (QED) is 0.405. The molecule has 0 unspecified atom stereocenters. The molecule has 0 spiro atoms. The second kappa shape index (κ2) is 9.85. The number of furan rings is 1. The third-order valence-electron chi connectivity index (χ3n) is 4.95. The second-order valence-corrected chi connectivity index (χ2v) is 9.15. The van der Waals surface area contributed by atoms with Crippen molar-refractivity contribution in [3.05, 3.63) is 90.4 Å². The van der Waals surface area contributed by atoms with Gasteiger partial charge in [0.05, 0.1) is 38.0 Å². The third kappa shape index (κ3) is 5.37. The fourth-order valence-electron chi connectivity index (χ4n) is 3.34. The highest BCUT2D eigenvalue weighted by Crippen LogP contribution is 2.35. The molecule has 1 heterocycles. The van der Waals surface area contributed by atoms with Crippen molar-refractivity contribution in [3.63, 3.8) is 0 Å². The van der Waals surface area contributed by atoms with E-state index in [9.17, 15) is 8.42 Å². The molecule has 164 valence electrons. The molecule has 0 amide bonds. The lowest BCUT2D eigenvalue weighted by Gasteiger charge is -2.31. The molecule has 3 rings (SSSR count). The predicted octanol–water partition coefficient (Wildman–Crippen LogP) is 5.20. The van der Waals surface area contributed by atoms with Crippen LogP contribution in [0.1, 0.15) is 30.7 Å². The molecule has 3 aromatic rings. The van der Waals surface area contributed by atoms with Gasteiger partial charge in [-0.05, 0) is 67.4 Å². The van der Waals surface area contributed by atoms with Crippen molar-refractivity contribution < 1.29 is 22.3 Å². The lowest BCUT2D eigenvalue weighted by Crippen LogP contribution is -2.34. The molecule has 0 aliphatic heterocycles. The minimum absolute atomic E-state index is 0.0886. The minimum Gasteiger partial charge on any atom is -0.497 e. The van der Waals surface area contributed by atoms with Crippen LogP contribution < -0.4 is 9.47 Å². The summed E-state index contributed by atoms with van der Waals surface area (Å²) < 4.78 is 44.9. The first-order valence-corrected chi connectivity index (χ1v) is 11.3. The Balaban J connectivity index is 2.09. The van der Waals surface area contributed by atoms with Gasteiger partial charge in [0.2, 0.25) is 10.0 Å². The van der Waals surface area contributed by atoms with E-state index in [0.717, 1.165) is 11.1 Å². The van der Waals surface area contributed by atoms with Gasteiger partial charge in [0.25, 0.3) is 0 Å². The van der Waals surface area contributed by atoms with Gasteiger partial charge < -0.3 is 13.9 Å². The molecular formula is C24H27NO5S. The monoisotopic (exact) mass is 441 g/mol. The summed E-state index contributed by atoms with van der Waals surface area (Å²) in [5.74, 6) is 1.84. The lowest BCUT2D eigenvalue weighted by molar-refractivity contribution is 0.290. The molecule has 1 aromatic heterocycles. The van der Waals surface area contributed by atoms with Crippen LogP contribution in [0.5, 0.6) is 11.5 Å². The number of ether oxygens (including phenoxy) is 2. The summed E-state index contributed by atoms with van der Waals surface area (Å²) in [6.07, 6.45) is 2.00. The van der Waals surface area contributed by atoms with Crippen molar-refractivity contribution in [1.82, 2.24) is 4.31 Å². The Morgan fingerprint density at radius 2 is 1.58 bits per heavy atom. The Kier molecular flexibility index (Phi) is 7.20. The standard InChI is InChI=1S/C24H27NO5S/c1-18(2)16-24(19-7-9-20(28-3)10-8-19)25(17-22-6-5-15-30-22)31(26,27)23-13-11-21(29-4)12-14-23/h5-15,24H,1,16-17H2,2-4H3/t24-/m0/s1. The molecule has 0 saturated heterocycles. The number of nitrogens with zero attached hydrogens (tertiary/aromatic N) is 1. The van der Waals surface area contributed by atoms with E-state index >= 15 is 0 Å². The predicted molar refractivity (Wildman–Crippen MR) is 120 cm³/mol. The van der Waals surface area contributed by atoms with Gasteiger partial charge in [0.15, 0.2) is 0 Å². The Morgan fingerprint density at radius 3 is 2.06 bits per heavy atom. The largest absolute Gasteiger partial charge is 0.497 e. The van der Waals surface area contributed by atoms with E-state index in [2.05, 4.69) is 6.58 Å². The highest BCUT2D eigenvalue weighted by Gasteiger charge is 2.33. The summed E-state index contributed by atoms with van der Waals surface area (Å²) in [5, 5.41) is 0. The highest BCUT2D eigenvalue weighted by molar-refractivity contribution is 7.89. The number of hydrogen-bond acceptors (Lipinski definition) is 5. The Labute approximate surface area is 183 Å². The zero-order valence-electron chi connectivity index (χ0n) is 17.9. The van der Waals surface area contributed by atoms with E-state index in [0.29, 0.717) is 23.7 Å². The van der Waals surface area contributed by atoms with Crippen molar-refractivity contribution in [1.29, 1.82) is 0 Å². The van der Waals surface area contributed by atoms with Crippen LogP contribution in [0, 0.1) is 0 Å². The smallest absolute Gasteiger partial charge is 0.244 e. The van der Waals surface area contributed by atoms with Crippen LogP contribution in [-0.2, 0) is 16.6 Å². The van der Waals surface area contributed by atoms with E-state index in [4.69, 9.17) is 13.9 Å². The van der Waals surface area contributed by atoms with Gasteiger partial charge in [0, 0.05) is 0 Å². The molecular weight excluding hydrogens is 414 g/mol. The first-order chi connectivity index (χ1) is 14.8. The van der Waals surface area contributed by atoms with Crippen molar-refractivity contribution in [2.75, 3.05) is 14.2 Å². The summed E-state index contributed by atoms with van der Waals surface area (Å²) >= 11 is 0. The number of sulfonamides is 1. The number of benzene rings is 2. The minimum atomic E-state index is -3.87. The van der Waals surface area contributed by atoms with Crippen molar-refractivity contribution in [2.24, 2.45) is 0 Å². The van der Waals surface area contributed by atoms with Crippen LogP contribution in [0.4, 0.5) is 0 Å². The van der Waals surface area contributed by atoms with Crippen LogP contribution >= 0.6 is 0 Å². The molecule has 2 aromatic carbocycles. The highest BCUT2D eigenvalue weighted by atomic mass is 32.2. The summed E-state index contributed by atoms with van der Waals surface area (Å²) in [4.78, 5) is 0.181. The number of methoxy groups -OCH3 is 2. The summed E-state index contributed by atoms with van der Waals surface area (Å²) in [6.45, 7) is 6.00. The Bertz CT molecular complexity index is 1090. The molecule has 0 aliphatic rings. The topological polar surface area (TPSA) is 69.0 Å². The van der Waals surface area contributed by atoms with Gasteiger partial charge in [-0.15, -0.1) is 6.58 Å². The van der Waals surface area contributed by atoms with Gasteiger partial charge in [-0.3, -0.25) is 0 Å². The fourth-order valence-corrected chi connectivity index (χ4v) is 4.92. The zero-order chi connectivity index (χ0) is 22.4. The molecule has 6 nitrogen and oxygen atoms in total. The SMILES string of the molecule is C=C(C)C[C@@H](c1ccc(OC)cc1)N(Cc1ccco1)S(=O)(=O)c1ccc(OC)cc1. The fraction of sp³-hybridized carbons (Fsp3) is 0.250. The lowest BCUT2D eigenvalue weighted by atomic mass is 10.00. The molecule has 0 N–H and O–H groups in total. The summed E-state index contributed by atoms with van der Waals surface area (Å²) in [7, 11) is -0.729. The van der Waals surface area contributed by atoms with E-state index in [-0.39, 0.29) is 11.4 Å². The average molecular weight is 442 g/mol.